The van der Waals surface area contributed by atoms with Crippen LogP contribution in [-0.2, 0) is 17.6 Å². The topological polar surface area (TPSA) is 99.4 Å². The zero-order chi connectivity index (χ0) is 15.7. The highest BCUT2D eigenvalue weighted by molar-refractivity contribution is 5.66. The first kappa shape index (κ1) is 14.4. The van der Waals surface area contributed by atoms with E-state index >= 15 is 0 Å². The minimum absolute atomic E-state index is 0.0687. The number of rotatable bonds is 5. The number of carboxylic acid groups (broad SMARTS) is 1. The van der Waals surface area contributed by atoms with Crippen molar-refractivity contribution in [2.24, 2.45) is 5.92 Å². The van der Waals surface area contributed by atoms with Gasteiger partial charge in [-0.15, -0.1) is 0 Å². The van der Waals surface area contributed by atoms with E-state index < -0.39 is 11.6 Å². The molecule has 2 aliphatic carbocycles. The van der Waals surface area contributed by atoms with Gasteiger partial charge in [0.2, 0.25) is 0 Å². The molecule has 0 aliphatic heterocycles. The Labute approximate surface area is 127 Å². The monoisotopic (exact) mass is 300 g/mol. The van der Waals surface area contributed by atoms with Crippen LogP contribution in [0.1, 0.15) is 29.5 Å². The summed E-state index contributed by atoms with van der Waals surface area (Å²) in [5.74, 6) is 0.487. The first-order valence-electron chi connectivity index (χ1n) is 7.20. The third-order valence-corrected chi connectivity index (χ3v) is 4.32. The molecule has 1 aromatic rings. The van der Waals surface area contributed by atoms with Gasteiger partial charge >= 0.3 is 6.09 Å². The lowest BCUT2D eigenvalue weighted by molar-refractivity contribution is -0.110. The van der Waals surface area contributed by atoms with Gasteiger partial charge in [-0.2, -0.15) is 5.26 Å². The van der Waals surface area contributed by atoms with Crippen molar-refractivity contribution >= 4 is 12.4 Å². The van der Waals surface area contributed by atoms with E-state index in [1.165, 1.54) is 0 Å². The molecule has 2 aliphatic rings. The molecular weight excluding hydrogens is 284 g/mol. The summed E-state index contributed by atoms with van der Waals surface area (Å²) in [4.78, 5) is 21.7. The smallest absolute Gasteiger partial charge is 0.405 e. The summed E-state index contributed by atoms with van der Waals surface area (Å²) >= 11 is 0. The Hall–Kier alpha value is -2.55. The maximum atomic E-state index is 11.0. The second-order valence-corrected chi connectivity index (χ2v) is 6.02. The fourth-order valence-corrected chi connectivity index (χ4v) is 2.93. The van der Waals surface area contributed by atoms with Crippen LogP contribution in [0.5, 0.6) is 5.75 Å². The van der Waals surface area contributed by atoms with Crippen molar-refractivity contribution in [1.82, 2.24) is 5.32 Å². The number of carbonyl (C=O) groups excluding carboxylic acids is 1. The highest BCUT2D eigenvalue weighted by atomic mass is 16.5. The van der Waals surface area contributed by atoms with Crippen LogP contribution in [0.3, 0.4) is 0 Å². The summed E-state index contributed by atoms with van der Waals surface area (Å²) in [6.45, 7) is 0.250. The van der Waals surface area contributed by atoms with Gasteiger partial charge in [-0.3, -0.25) is 0 Å². The molecule has 0 spiro atoms. The molecule has 1 unspecified atom stereocenters. The standard InChI is InChI=1S/C16H16N2O4/c17-7-12-6-13(5-11-3-10(8-19)4-14(11)12)22-9-16(1-2-16)18-15(20)21/h5-6,8,10,18H,1-4,9H2,(H,20,21). The van der Waals surface area contributed by atoms with Crippen molar-refractivity contribution < 1.29 is 19.4 Å². The van der Waals surface area contributed by atoms with E-state index in [0.29, 0.717) is 24.2 Å². The van der Waals surface area contributed by atoms with Crippen molar-refractivity contribution in [3.8, 4) is 11.8 Å². The number of hydrogen-bond acceptors (Lipinski definition) is 4. The SMILES string of the molecule is N#Cc1cc(OCC2(NC(=O)O)CC2)cc2c1CC(C=O)C2. The van der Waals surface area contributed by atoms with Gasteiger partial charge in [-0.05, 0) is 48.9 Å². The van der Waals surface area contributed by atoms with E-state index in [9.17, 15) is 14.9 Å². The Balaban J connectivity index is 1.75. The van der Waals surface area contributed by atoms with Crippen molar-refractivity contribution in [3.05, 3.63) is 28.8 Å². The predicted molar refractivity (Wildman–Crippen MR) is 76.7 cm³/mol. The fourth-order valence-electron chi connectivity index (χ4n) is 2.93. The van der Waals surface area contributed by atoms with Crippen LogP contribution < -0.4 is 10.1 Å². The highest BCUT2D eigenvalue weighted by Crippen LogP contribution is 2.37. The van der Waals surface area contributed by atoms with Crippen LogP contribution in [0.25, 0.3) is 0 Å². The van der Waals surface area contributed by atoms with E-state index in [1.807, 2.05) is 6.07 Å². The van der Waals surface area contributed by atoms with E-state index in [4.69, 9.17) is 9.84 Å². The molecule has 3 rings (SSSR count). The lowest BCUT2D eigenvalue weighted by Crippen LogP contribution is -2.40. The molecule has 1 aromatic carbocycles. The van der Waals surface area contributed by atoms with E-state index in [0.717, 1.165) is 30.3 Å². The van der Waals surface area contributed by atoms with Gasteiger partial charge in [0.25, 0.3) is 0 Å². The van der Waals surface area contributed by atoms with Crippen molar-refractivity contribution in [2.75, 3.05) is 6.61 Å². The van der Waals surface area contributed by atoms with Crippen LogP contribution in [-0.4, -0.2) is 29.6 Å². The van der Waals surface area contributed by atoms with Crippen LogP contribution >= 0.6 is 0 Å². The van der Waals surface area contributed by atoms with Crippen LogP contribution in [0.2, 0.25) is 0 Å². The molecule has 0 saturated heterocycles. The Kier molecular flexibility index (Phi) is 3.49. The lowest BCUT2D eigenvalue weighted by atomic mass is 10.0. The number of ether oxygens (including phenoxy) is 1. The molecular formula is C16H16N2O4. The zero-order valence-electron chi connectivity index (χ0n) is 12.0. The maximum Gasteiger partial charge on any atom is 0.405 e. The highest BCUT2D eigenvalue weighted by Gasteiger charge is 2.45. The molecule has 6 nitrogen and oxygen atoms in total. The number of hydrogen-bond donors (Lipinski definition) is 2. The molecule has 114 valence electrons. The molecule has 22 heavy (non-hydrogen) atoms. The Morgan fingerprint density at radius 3 is 2.86 bits per heavy atom. The van der Waals surface area contributed by atoms with Crippen LogP contribution in [0, 0.1) is 17.2 Å². The quantitative estimate of drug-likeness (QED) is 0.805. The average Bonchev–Trinajstić information content (AvgIpc) is 3.11. The summed E-state index contributed by atoms with van der Waals surface area (Å²) in [7, 11) is 0. The average molecular weight is 300 g/mol. The summed E-state index contributed by atoms with van der Waals surface area (Å²) in [5.41, 5.74) is 1.94. The number of nitriles is 1. The van der Waals surface area contributed by atoms with Gasteiger partial charge < -0.3 is 20.0 Å². The molecule has 0 heterocycles. The minimum Gasteiger partial charge on any atom is -0.491 e. The van der Waals surface area contributed by atoms with Gasteiger partial charge in [-0.25, -0.2) is 4.79 Å². The summed E-state index contributed by atoms with van der Waals surface area (Å²) in [6.07, 6.45) is 2.61. The van der Waals surface area contributed by atoms with Crippen LogP contribution in [0.15, 0.2) is 12.1 Å². The number of amides is 1. The number of carbonyl (C=O) groups is 2. The normalized spacial score (nSPS) is 20.6. The van der Waals surface area contributed by atoms with Gasteiger partial charge in [0, 0.05) is 5.92 Å². The largest absolute Gasteiger partial charge is 0.491 e. The molecule has 1 atom stereocenters. The molecule has 1 fully saturated rings. The lowest BCUT2D eigenvalue weighted by Gasteiger charge is -2.17. The first-order valence-corrected chi connectivity index (χ1v) is 7.20. The molecule has 0 bridgehead atoms. The summed E-state index contributed by atoms with van der Waals surface area (Å²) in [5, 5.41) is 20.5. The maximum absolute atomic E-state index is 11.0. The molecule has 2 N–H and O–H groups in total. The second-order valence-electron chi connectivity index (χ2n) is 6.02. The van der Waals surface area contributed by atoms with Crippen molar-refractivity contribution in [1.29, 1.82) is 5.26 Å². The van der Waals surface area contributed by atoms with Crippen LogP contribution in [0.4, 0.5) is 4.79 Å². The third kappa shape index (κ3) is 2.75. The first-order chi connectivity index (χ1) is 10.5. The number of benzene rings is 1. The van der Waals surface area contributed by atoms with E-state index in [2.05, 4.69) is 11.4 Å². The summed E-state index contributed by atoms with van der Waals surface area (Å²) < 4.78 is 5.71. The van der Waals surface area contributed by atoms with Gasteiger partial charge in [0.1, 0.15) is 18.6 Å². The minimum atomic E-state index is -1.05. The Bertz CT molecular complexity index is 673. The van der Waals surface area contributed by atoms with Crippen molar-refractivity contribution in [3.63, 3.8) is 0 Å². The molecule has 1 amide bonds. The van der Waals surface area contributed by atoms with E-state index in [-0.39, 0.29) is 12.5 Å². The summed E-state index contributed by atoms with van der Waals surface area (Å²) in [6, 6.07) is 5.68. The molecule has 0 aromatic heterocycles. The number of nitrogens with one attached hydrogen (secondary N) is 1. The number of fused-ring (bicyclic) bond motifs is 1. The van der Waals surface area contributed by atoms with Gasteiger partial charge in [0.15, 0.2) is 0 Å². The van der Waals surface area contributed by atoms with Crippen molar-refractivity contribution in [2.45, 2.75) is 31.2 Å². The number of aldehydes is 1. The molecule has 0 radical (unpaired) electrons. The Morgan fingerprint density at radius 2 is 2.27 bits per heavy atom. The van der Waals surface area contributed by atoms with Gasteiger partial charge in [0.05, 0.1) is 17.2 Å². The second kappa shape index (κ2) is 5.34. The predicted octanol–water partition coefficient (Wildman–Crippen LogP) is 1.65. The number of nitrogens with zero attached hydrogens (tertiary/aromatic N) is 1. The fraction of sp³-hybridized carbons (Fsp3) is 0.438. The van der Waals surface area contributed by atoms with Gasteiger partial charge in [-0.1, -0.05) is 0 Å². The Morgan fingerprint density at radius 1 is 1.50 bits per heavy atom. The molecule has 1 saturated carbocycles. The van der Waals surface area contributed by atoms with E-state index in [1.54, 1.807) is 6.07 Å². The molecule has 6 heteroatoms. The zero-order valence-corrected chi connectivity index (χ0v) is 12.0. The third-order valence-electron chi connectivity index (χ3n) is 4.32.